The number of hydrogen-bond acceptors (Lipinski definition) is 4. The van der Waals surface area contributed by atoms with E-state index in [1.165, 1.54) is 37.2 Å². The molecule has 1 aliphatic heterocycles. The molecule has 0 aromatic carbocycles. The van der Waals surface area contributed by atoms with Gasteiger partial charge in [-0.3, -0.25) is 4.98 Å². The summed E-state index contributed by atoms with van der Waals surface area (Å²) in [5.74, 6) is 0. The highest BCUT2D eigenvalue weighted by molar-refractivity contribution is 5.51. The van der Waals surface area contributed by atoms with Crippen molar-refractivity contribution in [1.82, 2.24) is 15.2 Å². The lowest BCUT2D eigenvalue weighted by atomic mass is 10.1. The number of rotatable bonds is 6. The molecule has 0 aliphatic carbocycles. The molecule has 0 amide bonds. The zero-order valence-corrected chi connectivity index (χ0v) is 14.0. The fourth-order valence-electron chi connectivity index (χ4n) is 2.71. The predicted molar refractivity (Wildman–Crippen MR) is 89.8 cm³/mol. The number of nitrogens with zero attached hydrogens (tertiary/aromatic N) is 3. The summed E-state index contributed by atoms with van der Waals surface area (Å²) in [5.41, 5.74) is 2.69. The van der Waals surface area contributed by atoms with Crippen LogP contribution in [0.2, 0.25) is 0 Å². The maximum absolute atomic E-state index is 4.29. The summed E-state index contributed by atoms with van der Waals surface area (Å²) in [4.78, 5) is 9.21. The van der Waals surface area contributed by atoms with E-state index in [0.717, 1.165) is 19.6 Å². The Morgan fingerprint density at radius 1 is 1.29 bits per heavy atom. The lowest BCUT2D eigenvalue weighted by Crippen LogP contribution is -2.36. The van der Waals surface area contributed by atoms with E-state index in [4.69, 9.17) is 0 Å². The van der Waals surface area contributed by atoms with Gasteiger partial charge in [-0.15, -0.1) is 0 Å². The Bertz CT molecular complexity index is 433. The van der Waals surface area contributed by atoms with Gasteiger partial charge >= 0.3 is 0 Å². The monoisotopic (exact) mass is 290 g/mol. The van der Waals surface area contributed by atoms with Gasteiger partial charge in [0, 0.05) is 55.9 Å². The van der Waals surface area contributed by atoms with E-state index in [9.17, 15) is 0 Å². The van der Waals surface area contributed by atoms with Crippen LogP contribution >= 0.6 is 0 Å². The van der Waals surface area contributed by atoms with Gasteiger partial charge in [0.05, 0.1) is 0 Å². The molecule has 1 saturated heterocycles. The molecule has 1 aromatic heterocycles. The van der Waals surface area contributed by atoms with Crippen molar-refractivity contribution >= 4 is 5.69 Å². The average molecular weight is 290 g/mol. The van der Waals surface area contributed by atoms with Gasteiger partial charge in [0.2, 0.25) is 0 Å². The second-order valence-corrected chi connectivity index (χ2v) is 7.08. The topological polar surface area (TPSA) is 31.4 Å². The van der Waals surface area contributed by atoms with Crippen LogP contribution in [-0.2, 0) is 6.54 Å². The Kier molecular flexibility index (Phi) is 5.59. The lowest BCUT2D eigenvalue weighted by molar-refractivity contribution is 0.346. The number of aromatic nitrogens is 1. The summed E-state index contributed by atoms with van der Waals surface area (Å²) in [7, 11) is 2.19. The largest absolute Gasteiger partial charge is 0.373 e. The normalized spacial score (nSPS) is 16.4. The average Bonchev–Trinajstić information content (AvgIpc) is 2.95. The molecule has 4 nitrogen and oxygen atoms in total. The molecule has 2 heterocycles. The molecule has 1 aromatic rings. The van der Waals surface area contributed by atoms with Gasteiger partial charge in [0.15, 0.2) is 0 Å². The van der Waals surface area contributed by atoms with Crippen LogP contribution in [0.3, 0.4) is 0 Å². The molecule has 0 unspecified atom stereocenters. The molecule has 1 N–H and O–H groups in total. The quantitative estimate of drug-likeness (QED) is 0.872. The first kappa shape index (κ1) is 16.2. The van der Waals surface area contributed by atoms with E-state index in [1.54, 1.807) is 0 Å². The first-order chi connectivity index (χ1) is 9.96. The highest BCUT2D eigenvalue weighted by Crippen LogP contribution is 2.19. The van der Waals surface area contributed by atoms with Gasteiger partial charge in [-0.05, 0) is 52.8 Å². The highest BCUT2D eigenvalue weighted by Gasteiger charge is 2.15. The molecule has 0 atom stereocenters. The zero-order valence-electron chi connectivity index (χ0n) is 14.0. The summed E-state index contributed by atoms with van der Waals surface area (Å²) in [6.45, 7) is 12.2. The maximum atomic E-state index is 4.29. The van der Waals surface area contributed by atoms with Gasteiger partial charge in [-0.1, -0.05) is 0 Å². The van der Waals surface area contributed by atoms with Crippen molar-refractivity contribution < 1.29 is 0 Å². The lowest BCUT2D eigenvalue weighted by Gasteiger charge is -2.27. The van der Waals surface area contributed by atoms with Crippen molar-refractivity contribution in [2.75, 3.05) is 38.1 Å². The van der Waals surface area contributed by atoms with Crippen LogP contribution in [-0.4, -0.2) is 48.6 Å². The summed E-state index contributed by atoms with van der Waals surface area (Å²) in [6.07, 6.45) is 6.60. The Morgan fingerprint density at radius 3 is 2.67 bits per heavy atom. The third kappa shape index (κ3) is 5.29. The summed E-state index contributed by atoms with van der Waals surface area (Å²) in [5, 5.41) is 3.55. The number of hydrogen-bond donors (Lipinski definition) is 1. The minimum Gasteiger partial charge on any atom is -0.373 e. The number of likely N-dealkylation sites (N-methyl/N-ethyl adjacent to an activating group) is 1. The number of anilines is 1. The van der Waals surface area contributed by atoms with Gasteiger partial charge in [0.25, 0.3) is 0 Å². The van der Waals surface area contributed by atoms with Crippen molar-refractivity contribution in [2.45, 2.75) is 45.7 Å². The second kappa shape index (κ2) is 7.23. The summed E-state index contributed by atoms with van der Waals surface area (Å²) < 4.78 is 0. The van der Waals surface area contributed by atoms with Crippen LogP contribution in [0.1, 0.15) is 39.2 Å². The standard InChI is InChI=1S/C17H30N4/c1-17(2,3)19-14-15-13-18-8-7-16(15)20(4)11-12-21-9-5-6-10-21/h7-8,13,19H,5-6,9-12,14H2,1-4H3. The fraction of sp³-hybridized carbons (Fsp3) is 0.706. The van der Waals surface area contributed by atoms with Crippen LogP contribution in [0.15, 0.2) is 18.5 Å². The Balaban J connectivity index is 1.94. The minimum atomic E-state index is 0.126. The van der Waals surface area contributed by atoms with Crippen molar-refractivity contribution in [2.24, 2.45) is 0 Å². The van der Waals surface area contributed by atoms with Gasteiger partial charge in [-0.25, -0.2) is 0 Å². The van der Waals surface area contributed by atoms with E-state index in [0.29, 0.717) is 0 Å². The van der Waals surface area contributed by atoms with E-state index in [-0.39, 0.29) is 5.54 Å². The van der Waals surface area contributed by atoms with Crippen LogP contribution < -0.4 is 10.2 Å². The first-order valence-electron chi connectivity index (χ1n) is 8.07. The molecule has 2 rings (SSSR count). The third-order valence-electron chi connectivity index (χ3n) is 4.05. The van der Waals surface area contributed by atoms with E-state index in [1.807, 2.05) is 12.4 Å². The smallest absolute Gasteiger partial charge is 0.0440 e. The van der Waals surface area contributed by atoms with Gasteiger partial charge in [-0.2, -0.15) is 0 Å². The van der Waals surface area contributed by atoms with Gasteiger partial charge in [0.1, 0.15) is 0 Å². The molecule has 21 heavy (non-hydrogen) atoms. The molecule has 0 bridgehead atoms. The highest BCUT2D eigenvalue weighted by atomic mass is 15.2. The third-order valence-corrected chi connectivity index (χ3v) is 4.05. The van der Waals surface area contributed by atoms with Crippen LogP contribution in [0.5, 0.6) is 0 Å². The Labute approximate surface area is 129 Å². The maximum Gasteiger partial charge on any atom is 0.0440 e. The minimum absolute atomic E-state index is 0.126. The van der Waals surface area contributed by atoms with E-state index >= 15 is 0 Å². The molecule has 118 valence electrons. The number of nitrogens with one attached hydrogen (secondary N) is 1. The first-order valence-corrected chi connectivity index (χ1v) is 8.07. The molecule has 0 saturated carbocycles. The SMILES string of the molecule is CN(CCN1CCCC1)c1ccncc1CNC(C)(C)C. The molecule has 4 heteroatoms. The van der Waals surface area contributed by atoms with E-state index < -0.39 is 0 Å². The molecule has 0 radical (unpaired) electrons. The molecular formula is C17H30N4. The van der Waals surface area contributed by atoms with Gasteiger partial charge < -0.3 is 15.1 Å². The zero-order chi connectivity index (χ0) is 15.3. The summed E-state index contributed by atoms with van der Waals surface area (Å²) >= 11 is 0. The second-order valence-electron chi connectivity index (χ2n) is 7.08. The van der Waals surface area contributed by atoms with Crippen molar-refractivity contribution in [3.63, 3.8) is 0 Å². The number of likely N-dealkylation sites (tertiary alicyclic amines) is 1. The molecular weight excluding hydrogens is 260 g/mol. The van der Waals surface area contributed by atoms with Crippen LogP contribution in [0.4, 0.5) is 5.69 Å². The Hall–Kier alpha value is -1.13. The van der Waals surface area contributed by atoms with Crippen molar-refractivity contribution in [1.29, 1.82) is 0 Å². The van der Waals surface area contributed by atoms with Crippen molar-refractivity contribution in [3.8, 4) is 0 Å². The van der Waals surface area contributed by atoms with Crippen molar-refractivity contribution in [3.05, 3.63) is 24.0 Å². The summed E-state index contributed by atoms with van der Waals surface area (Å²) in [6, 6.07) is 2.13. The Morgan fingerprint density at radius 2 is 2.00 bits per heavy atom. The molecule has 1 aliphatic rings. The van der Waals surface area contributed by atoms with Crippen LogP contribution in [0, 0.1) is 0 Å². The molecule has 0 spiro atoms. The fourth-order valence-corrected chi connectivity index (χ4v) is 2.71. The van der Waals surface area contributed by atoms with Crippen LogP contribution in [0.25, 0.3) is 0 Å². The number of pyridine rings is 1. The predicted octanol–water partition coefficient (Wildman–Crippen LogP) is 2.50. The molecule has 1 fully saturated rings. The van der Waals surface area contributed by atoms with E-state index in [2.05, 4.69) is 54.0 Å².